The number of carboxylic acids is 1. The molecule has 1 rings (SSSR count). The van der Waals surface area contributed by atoms with Gasteiger partial charge in [-0.3, -0.25) is 9.36 Å². The molecule has 8 heteroatoms. The molecule has 82 valence electrons. The smallest absolute Gasteiger partial charge is 0.327 e. The summed E-state index contributed by atoms with van der Waals surface area (Å²) in [6, 6.07) is -0.531. The third kappa shape index (κ3) is 2.76. The molecule has 0 aromatic heterocycles. The van der Waals surface area contributed by atoms with Crippen molar-refractivity contribution in [1.29, 1.82) is 0 Å². The molecular weight excluding hydrogens is 211 g/mol. The van der Waals surface area contributed by atoms with Crippen LogP contribution in [0.2, 0.25) is 0 Å². The molecule has 6 N–H and O–H groups in total. The summed E-state index contributed by atoms with van der Waals surface area (Å²) in [7, 11) is -4.11. The highest BCUT2D eigenvalue weighted by Crippen LogP contribution is 2.37. The van der Waals surface area contributed by atoms with Gasteiger partial charge < -0.3 is 25.9 Å². The number of hydrogen-bond donors (Lipinski definition) is 5. The fourth-order valence-corrected chi connectivity index (χ4v) is 2.32. The number of aliphatic carboxylic acids is 1. The summed E-state index contributed by atoms with van der Waals surface area (Å²) in [5, 5.41) is 11.4. The maximum absolute atomic E-state index is 10.7. The normalized spacial score (nSPS) is 33.2. The summed E-state index contributed by atoms with van der Waals surface area (Å²) in [6.07, 6.45) is -0.341. The van der Waals surface area contributed by atoms with Gasteiger partial charge >= 0.3 is 13.6 Å². The Kier molecular flexibility index (Phi) is 2.99. The summed E-state index contributed by atoms with van der Waals surface area (Å²) in [5.74, 6) is -1.15. The molecular formula is C6H13N2O5P. The maximum Gasteiger partial charge on any atom is 0.327 e. The van der Waals surface area contributed by atoms with Crippen molar-refractivity contribution < 1.29 is 24.3 Å². The van der Waals surface area contributed by atoms with Gasteiger partial charge in [0, 0.05) is 12.6 Å². The van der Waals surface area contributed by atoms with Crippen molar-refractivity contribution in [3.8, 4) is 0 Å². The third-order valence-electron chi connectivity index (χ3n) is 2.20. The van der Waals surface area contributed by atoms with E-state index in [0.29, 0.717) is 0 Å². The van der Waals surface area contributed by atoms with E-state index in [0.717, 1.165) is 0 Å². The molecule has 0 unspecified atom stereocenters. The molecule has 1 saturated heterocycles. The summed E-state index contributed by atoms with van der Waals surface area (Å²) < 4.78 is 10.6. The van der Waals surface area contributed by atoms with Gasteiger partial charge in [-0.1, -0.05) is 0 Å². The van der Waals surface area contributed by atoms with Gasteiger partial charge in [0.2, 0.25) is 0 Å². The van der Waals surface area contributed by atoms with Crippen molar-refractivity contribution in [2.75, 3.05) is 12.7 Å². The Morgan fingerprint density at radius 3 is 2.57 bits per heavy atom. The van der Waals surface area contributed by atoms with Gasteiger partial charge in [-0.15, -0.1) is 0 Å². The summed E-state index contributed by atoms with van der Waals surface area (Å²) in [6.45, 7) is 0.0347. The molecule has 0 aromatic rings. The summed E-state index contributed by atoms with van der Waals surface area (Å²) in [4.78, 5) is 28.0. The molecule has 0 aromatic carbocycles. The van der Waals surface area contributed by atoms with Gasteiger partial charge in [0.25, 0.3) is 0 Å². The summed E-state index contributed by atoms with van der Waals surface area (Å²) >= 11 is 0. The first-order valence-electron chi connectivity index (χ1n) is 4.03. The Balaban J connectivity index is 2.58. The lowest BCUT2D eigenvalue weighted by molar-refractivity contribution is -0.142. The number of hydrogen-bond acceptors (Lipinski definition) is 4. The van der Waals surface area contributed by atoms with Crippen LogP contribution >= 0.6 is 7.60 Å². The fourth-order valence-electron chi connectivity index (χ4n) is 1.49. The lowest BCUT2D eigenvalue weighted by atomic mass is 9.98. The van der Waals surface area contributed by atoms with E-state index >= 15 is 0 Å². The van der Waals surface area contributed by atoms with Crippen LogP contribution in [0.15, 0.2) is 0 Å². The standard InChI is InChI=1S/C6H13N2O5P/c7-6(5(9)10)1-4(8-3-6)2-14(11,12)13/h4,8H,1-3,7H2,(H,9,10)(H2,11,12,13)/t4-,6-/m0/s1. The Morgan fingerprint density at radius 1 is 1.64 bits per heavy atom. The second-order valence-corrected chi connectivity index (χ2v) is 5.29. The SMILES string of the molecule is N[C@]1(C(=O)O)CN[C@H](CP(=O)(O)O)C1. The predicted molar refractivity (Wildman–Crippen MR) is 47.9 cm³/mol. The van der Waals surface area contributed by atoms with Crippen molar-refractivity contribution in [1.82, 2.24) is 5.32 Å². The summed E-state index contributed by atoms with van der Waals surface area (Å²) in [5.41, 5.74) is 4.09. The molecule has 7 nitrogen and oxygen atoms in total. The van der Waals surface area contributed by atoms with Crippen LogP contribution in [-0.4, -0.2) is 45.2 Å². The molecule has 1 heterocycles. The molecule has 1 fully saturated rings. The largest absolute Gasteiger partial charge is 0.480 e. The van der Waals surface area contributed by atoms with Crippen molar-refractivity contribution in [3.05, 3.63) is 0 Å². The van der Waals surface area contributed by atoms with Crippen molar-refractivity contribution in [2.45, 2.75) is 18.0 Å². The minimum Gasteiger partial charge on any atom is -0.480 e. The van der Waals surface area contributed by atoms with E-state index in [2.05, 4.69) is 5.32 Å². The molecule has 0 saturated carbocycles. The van der Waals surface area contributed by atoms with Crippen LogP contribution in [0.3, 0.4) is 0 Å². The minimum atomic E-state index is -4.11. The molecule has 1 aliphatic rings. The van der Waals surface area contributed by atoms with Gasteiger partial charge in [-0.05, 0) is 6.42 Å². The Labute approximate surface area is 80.5 Å². The lowest BCUT2D eigenvalue weighted by Gasteiger charge is -2.16. The minimum absolute atomic E-state index is 0.0347. The van der Waals surface area contributed by atoms with Crippen LogP contribution in [0, 0.1) is 0 Å². The van der Waals surface area contributed by atoms with Crippen LogP contribution in [-0.2, 0) is 9.36 Å². The lowest BCUT2D eigenvalue weighted by Crippen LogP contribution is -2.49. The van der Waals surface area contributed by atoms with E-state index in [1.165, 1.54) is 0 Å². The van der Waals surface area contributed by atoms with Gasteiger partial charge in [0.1, 0.15) is 5.54 Å². The second-order valence-electron chi connectivity index (χ2n) is 3.59. The molecule has 0 radical (unpaired) electrons. The van der Waals surface area contributed by atoms with Crippen LogP contribution < -0.4 is 11.1 Å². The van der Waals surface area contributed by atoms with Gasteiger partial charge in [0.15, 0.2) is 0 Å². The van der Waals surface area contributed by atoms with Gasteiger partial charge in [-0.2, -0.15) is 0 Å². The van der Waals surface area contributed by atoms with E-state index < -0.39 is 25.1 Å². The quantitative estimate of drug-likeness (QED) is 0.361. The van der Waals surface area contributed by atoms with Gasteiger partial charge in [0.05, 0.1) is 6.16 Å². The third-order valence-corrected chi connectivity index (χ3v) is 3.12. The maximum atomic E-state index is 10.7. The highest BCUT2D eigenvalue weighted by atomic mass is 31.2. The molecule has 2 atom stereocenters. The Bertz CT molecular complexity index is 290. The molecule has 14 heavy (non-hydrogen) atoms. The number of rotatable bonds is 3. The number of carboxylic acid groups (broad SMARTS) is 1. The number of nitrogens with one attached hydrogen (secondary N) is 1. The average Bonchev–Trinajstić information content (AvgIpc) is 2.29. The molecule has 1 aliphatic heterocycles. The molecule has 0 spiro atoms. The highest BCUT2D eigenvalue weighted by molar-refractivity contribution is 7.51. The van der Waals surface area contributed by atoms with Crippen LogP contribution in [0.25, 0.3) is 0 Å². The zero-order valence-electron chi connectivity index (χ0n) is 7.38. The zero-order chi connectivity index (χ0) is 11.0. The van der Waals surface area contributed by atoms with Crippen LogP contribution in [0.4, 0.5) is 0 Å². The van der Waals surface area contributed by atoms with E-state index in [4.69, 9.17) is 20.6 Å². The fraction of sp³-hybridized carbons (Fsp3) is 0.833. The topological polar surface area (TPSA) is 133 Å². The van der Waals surface area contributed by atoms with E-state index in [9.17, 15) is 9.36 Å². The first-order valence-corrected chi connectivity index (χ1v) is 5.83. The second kappa shape index (κ2) is 3.60. The average molecular weight is 224 g/mol. The molecule has 0 aliphatic carbocycles. The van der Waals surface area contributed by atoms with Crippen molar-refractivity contribution in [3.63, 3.8) is 0 Å². The monoisotopic (exact) mass is 224 g/mol. The van der Waals surface area contributed by atoms with Crippen LogP contribution in [0.5, 0.6) is 0 Å². The number of nitrogens with two attached hydrogens (primary N) is 1. The first-order chi connectivity index (χ1) is 6.23. The van der Waals surface area contributed by atoms with E-state index in [1.807, 2.05) is 0 Å². The van der Waals surface area contributed by atoms with E-state index in [1.54, 1.807) is 0 Å². The van der Waals surface area contributed by atoms with E-state index in [-0.39, 0.29) is 19.1 Å². The van der Waals surface area contributed by atoms with Crippen LogP contribution in [0.1, 0.15) is 6.42 Å². The zero-order valence-corrected chi connectivity index (χ0v) is 8.28. The molecule has 0 bridgehead atoms. The Hall–Kier alpha value is -0.460. The number of carbonyl (C=O) groups is 1. The van der Waals surface area contributed by atoms with Crippen molar-refractivity contribution >= 4 is 13.6 Å². The first kappa shape index (κ1) is 11.6. The predicted octanol–water partition coefficient (Wildman–Crippen LogP) is -1.69. The van der Waals surface area contributed by atoms with Gasteiger partial charge in [-0.25, -0.2) is 0 Å². The molecule has 0 amide bonds. The highest BCUT2D eigenvalue weighted by Gasteiger charge is 2.43. The Morgan fingerprint density at radius 2 is 2.21 bits per heavy atom. The van der Waals surface area contributed by atoms with Crippen molar-refractivity contribution in [2.24, 2.45) is 5.73 Å².